The summed E-state index contributed by atoms with van der Waals surface area (Å²) in [6.45, 7) is 4.24. The predicted molar refractivity (Wildman–Crippen MR) is 69.9 cm³/mol. The number of benzene rings is 1. The van der Waals surface area contributed by atoms with Crippen molar-refractivity contribution in [2.24, 2.45) is 0 Å². The van der Waals surface area contributed by atoms with Gasteiger partial charge in [0.25, 0.3) is 0 Å². The third kappa shape index (κ3) is 1.35. The van der Waals surface area contributed by atoms with Crippen molar-refractivity contribution in [3.63, 3.8) is 0 Å². The van der Waals surface area contributed by atoms with Gasteiger partial charge in [0.05, 0.1) is 5.52 Å². The Bertz CT molecular complexity index is 698. The van der Waals surface area contributed by atoms with Gasteiger partial charge in [-0.25, -0.2) is 4.98 Å². The molecule has 0 aliphatic heterocycles. The first-order valence-corrected chi connectivity index (χ1v) is 5.99. The van der Waals surface area contributed by atoms with E-state index in [1.165, 1.54) is 22.0 Å². The van der Waals surface area contributed by atoms with Crippen molar-refractivity contribution < 1.29 is 0 Å². The first kappa shape index (κ1) is 9.85. The van der Waals surface area contributed by atoms with Crippen LogP contribution in [0.25, 0.3) is 16.6 Å². The van der Waals surface area contributed by atoms with Gasteiger partial charge in [-0.1, -0.05) is 12.1 Å². The molecule has 0 N–H and O–H groups in total. The molecule has 0 spiro atoms. The molecule has 2 aromatic heterocycles. The summed E-state index contributed by atoms with van der Waals surface area (Å²) in [5.74, 6) is 0. The minimum atomic E-state index is 0.876. The molecule has 16 heavy (non-hydrogen) atoms. The van der Waals surface area contributed by atoms with E-state index >= 15 is 0 Å². The summed E-state index contributed by atoms with van der Waals surface area (Å²) in [4.78, 5) is 4.43. The summed E-state index contributed by atoms with van der Waals surface area (Å²) >= 11 is 3.42. The van der Waals surface area contributed by atoms with E-state index in [-0.39, 0.29) is 0 Å². The molecule has 0 bridgehead atoms. The molecule has 0 atom stereocenters. The van der Waals surface area contributed by atoms with Crippen molar-refractivity contribution in [2.75, 3.05) is 0 Å². The Hall–Kier alpha value is -1.35. The Morgan fingerprint density at radius 3 is 2.81 bits per heavy atom. The molecular weight excluding hydrogens is 264 g/mol. The van der Waals surface area contributed by atoms with Crippen LogP contribution in [0.15, 0.2) is 35.1 Å². The number of pyridine rings is 1. The van der Waals surface area contributed by atoms with Gasteiger partial charge < -0.3 is 0 Å². The lowest BCUT2D eigenvalue weighted by molar-refractivity contribution is 1.24. The Kier molecular flexibility index (Phi) is 2.04. The molecule has 3 heteroatoms. The third-order valence-corrected chi connectivity index (χ3v) is 3.27. The van der Waals surface area contributed by atoms with E-state index in [0.717, 1.165) is 10.3 Å². The molecule has 2 heterocycles. The smallest absolute Gasteiger partial charge is 0.138 e. The van der Waals surface area contributed by atoms with E-state index in [4.69, 9.17) is 0 Å². The lowest BCUT2D eigenvalue weighted by Gasteiger charge is -2.06. The van der Waals surface area contributed by atoms with Crippen LogP contribution in [0.4, 0.5) is 0 Å². The predicted octanol–water partition coefficient (Wildman–Crippen LogP) is 3.87. The topological polar surface area (TPSA) is 17.3 Å². The standard InChI is InChI=1S/C13H11BrN2/c1-8-3-4-10-9(2)6-13-15-12(14)7-16(13)11(10)5-8/h3-7H,1-2H3. The fourth-order valence-electron chi connectivity index (χ4n) is 2.11. The lowest BCUT2D eigenvalue weighted by atomic mass is 10.1. The van der Waals surface area contributed by atoms with Crippen LogP contribution in [-0.2, 0) is 0 Å². The lowest BCUT2D eigenvalue weighted by Crippen LogP contribution is -1.90. The second-order valence-corrected chi connectivity index (χ2v) is 4.95. The summed E-state index contributed by atoms with van der Waals surface area (Å²) in [5.41, 5.74) is 4.74. The van der Waals surface area contributed by atoms with Gasteiger partial charge in [0, 0.05) is 11.6 Å². The van der Waals surface area contributed by atoms with Crippen LogP contribution < -0.4 is 0 Å². The average Bonchev–Trinajstić information content (AvgIpc) is 2.59. The van der Waals surface area contributed by atoms with Crippen LogP contribution in [0.2, 0.25) is 0 Å². The number of imidazole rings is 1. The first-order valence-electron chi connectivity index (χ1n) is 5.20. The Morgan fingerprint density at radius 2 is 2.00 bits per heavy atom. The summed E-state index contributed by atoms with van der Waals surface area (Å²) in [6.07, 6.45) is 2.01. The monoisotopic (exact) mass is 274 g/mol. The fourth-order valence-corrected chi connectivity index (χ4v) is 2.49. The molecule has 1 aromatic carbocycles. The van der Waals surface area contributed by atoms with Crippen molar-refractivity contribution in [2.45, 2.75) is 13.8 Å². The number of aryl methyl sites for hydroxylation is 2. The number of rotatable bonds is 0. The van der Waals surface area contributed by atoms with Crippen molar-refractivity contribution in [1.82, 2.24) is 9.38 Å². The highest BCUT2D eigenvalue weighted by atomic mass is 79.9. The van der Waals surface area contributed by atoms with Crippen molar-refractivity contribution in [3.8, 4) is 0 Å². The van der Waals surface area contributed by atoms with Crippen LogP contribution in [0.3, 0.4) is 0 Å². The summed E-state index contributed by atoms with van der Waals surface area (Å²) in [5, 5.41) is 1.28. The highest BCUT2D eigenvalue weighted by molar-refractivity contribution is 9.10. The summed E-state index contributed by atoms with van der Waals surface area (Å²) in [7, 11) is 0. The first-order chi connectivity index (χ1) is 7.65. The number of hydrogen-bond acceptors (Lipinski definition) is 1. The number of hydrogen-bond donors (Lipinski definition) is 0. The van der Waals surface area contributed by atoms with E-state index in [9.17, 15) is 0 Å². The molecule has 0 fully saturated rings. The SMILES string of the molecule is Cc1ccc2c(C)cc3nc(Br)cn3c2c1. The van der Waals surface area contributed by atoms with Crippen LogP contribution >= 0.6 is 15.9 Å². The highest BCUT2D eigenvalue weighted by Crippen LogP contribution is 2.23. The van der Waals surface area contributed by atoms with Gasteiger partial charge in [0.1, 0.15) is 10.3 Å². The van der Waals surface area contributed by atoms with E-state index < -0.39 is 0 Å². The van der Waals surface area contributed by atoms with Crippen LogP contribution in [0.5, 0.6) is 0 Å². The maximum atomic E-state index is 4.43. The Morgan fingerprint density at radius 1 is 1.19 bits per heavy atom. The second-order valence-electron chi connectivity index (χ2n) is 4.14. The van der Waals surface area contributed by atoms with Crippen LogP contribution in [0, 0.1) is 13.8 Å². The molecule has 0 saturated carbocycles. The molecule has 0 radical (unpaired) electrons. The molecule has 80 valence electrons. The maximum Gasteiger partial charge on any atom is 0.138 e. The van der Waals surface area contributed by atoms with Gasteiger partial charge in [-0.3, -0.25) is 4.40 Å². The molecule has 0 unspecified atom stereocenters. The number of fused-ring (bicyclic) bond motifs is 3. The Balaban J connectivity index is 2.60. The Labute approximate surface area is 102 Å². The third-order valence-electron chi connectivity index (χ3n) is 2.89. The van der Waals surface area contributed by atoms with E-state index in [1.807, 2.05) is 6.20 Å². The summed E-state index contributed by atoms with van der Waals surface area (Å²) < 4.78 is 3.00. The van der Waals surface area contributed by atoms with Gasteiger partial charge in [-0.15, -0.1) is 0 Å². The largest absolute Gasteiger partial charge is 0.298 e. The number of nitrogens with zero attached hydrogens (tertiary/aromatic N) is 2. The summed E-state index contributed by atoms with van der Waals surface area (Å²) in [6, 6.07) is 8.63. The molecule has 3 rings (SSSR count). The molecule has 2 nitrogen and oxygen atoms in total. The normalized spacial score (nSPS) is 11.4. The minimum Gasteiger partial charge on any atom is -0.298 e. The van der Waals surface area contributed by atoms with Gasteiger partial charge in [-0.05, 0) is 53.0 Å². The highest BCUT2D eigenvalue weighted by Gasteiger charge is 2.06. The molecule has 0 aliphatic rings. The zero-order valence-corrected chi connectivity index (χ0v) is 10.7. The van der Waals surface area contributed by atoms with Gasteiger partial charge >= 0.3 is 0 Å². The van der Waals surface area contributed by atoms with Crippen molar-refractivity contribution in [3.05, 3.63) is 46.2 Å². The minimum absolute atomic E-state index is 0.876. The zero-order chi connectivity index (χ0) is 11.3. The van der Waals surface area contributed by atoms with Gasteiger partial charge in [0.15, 0.2) is 0 Å². The van der Waals surface area contributed by atoms with E-state index in [1.54, 1.807) is 0 Å². The second kappa shape index (κ2) is 3.32. The molecule has 0 aliphatic carbocycles. The molecular formula is C13H11BrN2. The van der Waals surface area contributed by atoms with Crippen LogP contribution in [0.1, 0.15) is 11.1 Å². The van der Waals surface area contributed by atoms with E-state index in [2.05, 4.69) is 63.4 Å². The van der Waals surface area contributed by atoms with Crippen LogP contribution in [-0.4, -0.2) is 9.38 Å². The fraction of sp³-hybridized carbons (Fsp3) is 0.154. The van der Waals surface area contributed by atoms with Crippen molar-refractivity contribution >= 4 is 32.5 Å². The maximum absolute atomic E-state index is 4.43. The quantitative estimate of drug-likeness (QED) is 0.608. The number of halogens is 1. The van der Waals surface area contributed by atoms with Gasteiger partial charge in [-0.2, -0.15) is 0 Å². The zero-order valence-electron chi connectivity index (χ0n) is 9.16. The molecule has 3 aromatic rings. The van der Waals surface area contributed by atoms with Crippen molar-refractivity contribution in [1.29, 1.82) is 0 Å². The van der Waals surface area contributed by atoms with Gasteiger partial charge in [0.2, 0.25) is 0 Å². The molecule has 0 amide bonds. The molecule has 0 saturated heterocycles. The van der Waals surface area contributed by atoms with E-state index in [0.29, 0.717) is 0 Å². The average molecular weight is 275 g/mol. The number of aromatic nitrogens is 2.